The zero-order chi connectivity index (χ0) is 15.1. The van der Waals surface area contributed by atoms with Crippen LogP contribution in [-0.4, -0.2) is 18.2 Å². The molecule has 114 valence electrons. The van der Waals surface area contributed by atoms with Gasteiger partial charge in [0.15, 0.2) is 0 Å². The highest BCUT2D eigenvalue weighted by Crippen LogP contribution is 2.37. The molecule has 0 saturated heterocycles. The maximum absolute atomic E-state index is 12.7. The van der Waals surface area contributed by atoms with Crippen LogP contribution in [0.4, 0.5) is 5.69 Å². The predicted octanol–water partition coefficient (Wildman–Crippen LogP) is 3.81. The second-order valence-electron chi connectivity index (χ2n) is 5.60. The summed E-state index contributed by atoms with van der Waals surface area (Å²) in [7, 11) is 0. The Morgan fingerprint density at radius 3 is 2.71 bits per heavy atom. The van der Waals surface area contributed by atoms with Crippen molar-refractivity contribution in [1.82, 2.24) is 0 Å². The number of amides is 1. The van der Waals surface area contributed by atoms with E-state index in [0.29, 0.717) is 6.54 Å². The number of hydrogen-bond acceptors (Lipinski definition) is 3. The van der Waals surface area contributed by atoms with Gasteiger partial charge in [0.1, 0.15) is 0 Å². The Balaban J connectivity index is 2.13. The van der Waals surface area contributed by atoms with Crippen LogP contribution < -0.4 is 11.1 Å². The minimum Gasteiger partial charge on any atom is -0.329 e. The van der Waals surface area contributed by atoms with Crippen LogP contribution in [0.1, 0.15) is 32.1 Å². The monoisotopic (exact) mass is 304 g/mol. The number of thioether (sulfide) groups is 1. The van der Waals surface area contributed by atoms with E-state index >= 15 is 0 Å². The third kappa shape index (κ3) is 3.89. The Labute approximate surface area is 131 Å². The van der Waals surface area contributed by atoms with Crippen LogP contribution in [0.15, 0.2) is 41.8 Å². The largest absolute Gasteiger partial charge is 0.329 e. The molecular formula is C17H24N2OS. The summed E-state index contributed by atoms with van der Waals surface area (Å²) in [6.07, 6.45) is 7.07. The summed E-state index contributed by atoms with van der Waals surface area (Å²) in [5, 5.41) is 3.11. The number of carbonyl (C=O) groups excluding carboxylic acids is 1. The molecule has 0 aromatic heterocycles. The van der Waals surface area contributed by atoms with E-state index in [0.717, 1.165) is 42.0 Å². The lowest BCUT2D eigenvalue weighted by Crippen LogP contribution is -2.43. The van der Waals surface area contributed by atoms with Gasteiger partial charge in [-0.05, 0) is 25.0 Å². The molecule has 0 radical (unpaired) electrons. The van der Waals surface area contributed by atoms with Crippen LogP contribution in [0.3, 0.4) is 0 Å². The molecule has 1 aliphatic rings. The molecule has 1 aromatic rings. The molecule has 21 heavy (non-hydrogen) atoms. The van der Waals surface area contributed by atoms with E-state index in [1.165, 1.54) is 6.42 Å². The standard InChI is InChI=1S/C17H24N2OS/c1-2-12-21-15-9-5-4-8-14(15)19-16(20)17(13-18)10-6-3-7-11-17/h2,4-5,8-9H,1,3,6-7,10-13,18H2,(H,19,20). The molecule has 0 bridgehead atoms. The van der Waals surface area contributed by atoms with Crippen molar-refractivity contribution in [3.05, 3.63) is 36.9 Å². The topological polar surface area (TPSA) is 55.1 Å². The third-order valence-corrected chi connectivity index (χ3v) is 5.24. The molecule has 0 heterocycles. The maximum atomic E-state index is 12.7. The lowest BCUT2D eigenvalue weighted by molar-refractivity contribution is -0.126. The third-order valence-electron chi connectivity index (χ3n) is 4.18. The number of anilines is 1. The number of benzene rings is 1. The van der Waals surface area contributed by atoms with Gasteiger partial charge < -0.3 is 11.1 Å². The van der Waals surface area contributed by atoms with Gasteiger partial charge in [0.05, 0.1) is 11.1 Å². The van der Waals surface area contributed by atoms with Gasteiger partial charge in [-0.2, -0.15) is 0 Å². The van der Waals surface area contributed by atoms with Crippen molar-refractivity contribution in [2.45, 2.75) is 37.0 Å². The average molecular weight is 304 g/mol. The molecule has 1 fully saturated rings. The van der Waals surface area contributed by atoms with Crippen molar-refractivity contribution in [3.8, 4) is 0 Å². The second kappa shape index (κ2) is 7.66. The lowest BCUT2D eigenvalue weighted by atomic mass is 9.73. The number of hydrogen-bond donors (Lipinski definition) is 2. The zero-order valence-corrected chi connectivity index (χ0v) is 13.3. The van der Waals surface area contributed by atoms with Gasteiger partial charge in [-0.3, -0.25) is 4.79 Å². The quantitative estimate of drug-likeness (QED) is 0.620. The molecule has 1 saturated carbocycles. The fourth-order valence-electron chi connectivity index (χ4n) is 2.85. The molecule has 1 amide bonds. The highest BCUT2D eigenvalue weighted by atomic mass is 32.2. The van der Waals surface area contributed by atoms with Gasteiger partial charge in [0.2, 0.25) is 5.91 Å². The van der Waals surface area contributed by atoms with Crippen molar-refractivity contribution < 1.29 is 4.79 Å². The van der Waals surface area contributed by atoms with Crippen LogP contribution in [0.2, 0.25) is 0 Å². The SMILES string of the molecule is C=CCSc1ccccc1NC(=O)C1(CN)CCCCC1. The summed E-state index contributed by atoms with van der Waals surface area (Å²) in [5.74, 6) is 0.908. The van der Waals surface area contributed by atoms with Gasteiger partial charge >= 0.3 is 0 Å². The Hall–Kier alpha value is -1.26. The van der Waals surface area contributed by atoms with Crippen molar-refractivity contribution in [2.24, 2.45) is 11.1 Å². The zero-order valence-electron chi connectivity index (χ0n) is 12.4. The predicted molar refractivity (Wildman–Crippen MR) is 90.6 cm³/mol. The van der Waals surface area contributed by atoms with E-state index in [-0.39, 0.29) is 11.3 Å². The number of para-hydroxylation sites is 1. The number of rotatable bonds is 6. The first-order valence-electron chi connectivity index (χ1n) is 7.56. The van der Waals surface area contributed by atoms with E-state index in [9.17, 15) is 4.79 Å². The molecule has 3 nitrogen and oxygen atoms in total. The van der Waals surface area contributed by atoms with E-state index in [1.54, 1.807) is 11.8 Å². The summed E-state index contributed by atoms with van der Waals surface area (Å²) in [6.45, 7) is 4.17. The van der Waals surface area contributed by atoms with Crippen LogP contribution >= 0.6 is 11.8 Å². The Bertz CT molecular complexity index is 495. The fraction of sp³-hybridized carbons (Fsp3) is 0.471. The molecule has 4 heteroatoms. The number of nitrogens with one attached hydrogen (secondary N) is 1. The minimum atomic E-state index is -0.380. The van der Waals surface area contributed by atoms with Crippen molar-refractivity contribution in [1.29, 1.82) is 0 Å². The molecular weight excluding hydrogens is 280 g/mol. The van der Waals surface area contributed by atoms with E-state index in [1.807, 2.05) is 30.3 Å². The maximum Gasteiger partial charge on any atom is 0.231 e. The molecule has 1 aliphatic carbocycles. The van der Waals surface area contributed by atoms with Gasteiger partial charge in [-0.15, -0.1) is 18.3 Å². The van der Waals surface area contributed by atoms with Crippen molar-refractivity contribution >= 4 is 23.4 Å². The molecule has 0 atom stereocenters. The highest BCUT2D eigenvalue weighted by molar-refractivity contribution is 7.99. The Morgan fingerprint density at radius 1 is 1.33 bits per heavy atom. The minimum absolute atomic E-state index is 0.0800. The van der Waals surface area contributed by atoms with Crippen LogP contribution in [0.25, 0.3) is 0 Å². The molecule has 1 aromatic carbocycles. The molecule has 0 unspecified atom stereocenters. The molecule has 2 rings (SSSR count). The lowest BCUT2D eigenvalue weighted by Gasteiger charge is -2.34. The van der Waals surface area contributed by atoms with E-state index in [4.69, 9.17) is 5.73 Å². The first kappa shape index (κ1) is 16.1. The Kier molecular flexibility index (Phi) is 5.88. The summed E-state index contributed by atoms with van der Waals surface area (Å²) in [6, 6.07) is 7.92. The molecule has 3 N–H and O–H groups in total. The van der Waals surface area contributed by atoms with Gasteiger partial charge in [0.25, 0.3) is 0 Å². The Morgan fingerprint density at radius 2 is 2.05 bits per heavy atom. The van der Waals surface area contributed by atoms with Crippen LogP contribution in [0.5, 0.6) is 0 Å². The smallest absolute Gasteiger partial charge is 0.231 e. The summed E-state index contributed by atoms with van der Waals surface area (Å²) >= 11 is 1.68. The average Bonchev–Trinajstić information content (AvgIpc) is 2.54. The van der Waals surface area contributed by atoms with Crippen molar-refractivity contribution in [3.63, 3.8) is 0 Å². The molecule has 0 aliphatic heterocycles. The van der Waals surface area contributed by atoms with E-state index < -0.39 is 0 Å². The number of carbonyl (C=O) groups is 1. The summed E-state index contributed by atoms with van der Waals surface area (Å²) < 4.78 is 0. The summed E-state index contributed by atoms with van der Waals surface area (Å²) in [5.41, 5.74) is 6.43. The first-order valence-corrected chi connectivity index (χ1v) is 8.55. The second-order valence-corrected chi connectivity index (χ2v) is 6.66. The molecule has 0 spiro atoms. The van der Waals surface area contributed by atoms with Gasteiger partial charge in [0, 0.05) is 17.2 Å². The number of nitrogens with two attached hydrogens (primary N) is 1. The fourth-order valence-corrected chi connectivity index (χ4v) is 3.60. The first-order chi connectivity index (χ1) is 10.2. The van der Waals surface area contributed by atoms with Gasteiger partial charge in [-0.25, -0.2) is 0 Å². The highest BCUT2D eigenvalue weighted by Gasteiger charge is 2.38. The van der Waals surface area contributed by atoms with Gasteiger partial charge in [-0.1, -0.05) is 37.5 Å². The summed E-state index contributed by atoms with van der Waals surface area (Å²) in [4.78, 5) is 13.8. The van der Waals surface area contributed by atoms with Crippen LogP contribution in [0, 0.1) is 5.41 Å². The van der Waals surface area contributed by atoms with E-state index in [2.05, 4.69) is 11.9 Å². The normalized spacial score (nSPS) is 17.2. The van der Waals surface area contributed by atoms with Crippen molar-refractivity contribution in [2.75, 3.05) is 17.6 Å². The van der Waals surface area contributed by atoms with Crippen LogP contribution in [-0.2, 0) is 4.79 Å².